The first kappa shape index (κ1) is 15.6. The zero-order valence-corrected chi connectivity index (χ0v) is 13.9. The molecule has 0 aliphatic heterocycles. The molecule has 2 aromatic rings. The van der Waals surface area contributed by atoms with Gasteiger partial charge in [-0.05, 0) is 43.7 Å². The first-order chi connectivity index (χ1) is 9.91. The molecule has 0 saturated carbocycles. The number of carbonyl (C=O) groups is 1. The van der Waals surface area contributed by atoms with Crippen LogP contribution in [0.2, 0.25) is 0 Å². The molecule has 4 heteroatoms. The molecule has 0 fully saturated rings. The highest BCUT2D eigenvalue weighted by atomic mass is 79.9. The Hall–Kier alpha value is -1.81. The van der Waals surface area contributed by atoms with Gasteiger partial charge >= 0.3 is 0 Å². The van der Waals surface area contributed by atoms with E-state index in [1.165, 1.54) is 0 Å². The quantitative estimate of drug-likeness (QED) is 0.899. The van der Waals surface area contributed by atoms with Crippen molar-refractivity contribution in [3.63, 3.8) is 0 Å². The fourth-order valence-corrected chi connectivity index (χ4v) is 2.76. The van der Waals surface area contributed by atoms with E-state index in [4.69, 9.17) is 0 Å². The largest absolute Gasteiger partial charge is 0.508 e. The van der Waals surface area contributed by atoms with Crippen molar-refractivity contribution in [3.8, 4) is 5.75 Å². The number of aryl methyl sites for hydroxylation is 1. The molecule has 1 amide bonds. The molecule has 1 N–H and O–H groups in total. The summed E-state index contributed by atoms with van der Waals surface area (Å²) >= 11 is 3.40. The summed E-state index contributed by atoms with van der Waals surface area (Å²) in [7, 11) is 1.75. The summed E-state index contributed by atoms with van der Waals surface area (Å²) in [6.45, 7) is 3.82. The van der Waals surface area contributed by atoms with Gasteiger partial charge in [-0.25, -0.2) is 0 Å². The van der Waals surface area contributed by atoms with Crippen molar-refractivity contribution in [2.75, 3.05) is 7.05 Å². The molecule has 0 aliphatic rings. The summed E-state index contributed by atoms with van der Waals surface area (Å²) in [5, 5.41) is 9.93. The maximum absolute atomic E-state index is 12.6. The molecular weight excluding hydrogens is 330 g/mol. The zero-order valence-electron chi connectivity index (χ0n) is 12.3. The number of benzene rings is 2. The van der Waals surface area contributed by atoms with Gasteiger partial charge in [-0.2, -0.15) is 0 Å². The molecule has 110 valence electrons. The molecule has 21 heavy (non-hydrogen) atoms. The number of amides is 1. The molecule has 0 spiro atoms. The minimum atomic E-state index is -0.207. The summed E-state index contributed by atoms with van der Waals surface area (Å²) in [6.07, 6.45) is 0. The smallest absolute Gasteiger partial charge is 0.254 e. The number of hydrogen-bond acceptors (Lipinski definition) is 2. The van der Waals surface area contributed by atoms with E-state index in [1.54, 1.807) is 24.1 Å². The molecule has 1 atom stereocenters. The van der Waals surface area contributed by atoms with Gasteiger partial charge in [0.1, 0.15) is 5.75 Å². The summed E-state index contributed by atoms with van der Waals surface area (Å²) < 4.78 is 0.952. The van der Waals surface area contributed by atoms with Gasteiger partial charge in [0, 0.05) is 22.6 Å². The molecule has 0 heterocycles. The lowest BCUT2D eigenvalue weighted by Gasteiger charge is -2.26. The van der Waals surface area contributed by atoms with Gasteiger partial charge < -0.3 is 10.0 Å². The van der Waals surface area contributed by atoms with Crippen LogP contribution in [0.25, 0.3) is 0 Å². The lowest BCUT2D eigenvalue weighted by molar-refractivity contribution is 0.0740. The van der Waals surface area contributed by atoms with Crippen LogP contribution in [0.3, 0.4) is 0 Å². The number of phenolic OH excluding ortho intramolecular Hbond substituents is 1. The van der Waals surface area contributed by atoms with Crippen LogP contribution < -0.4 is 0 Å². The van der Waals surface area contributed by atoms with E-state index in [2.05, 4.69) is 15.9 Å². The van der Waals surface area contributed by atoms with Crippen LogP contribution in [0, 0.1) is 6.92 Å². The third-order valence-corrected chi connectivity index (χ3v) is 4.20. The molecule has 0 radical (unpaired) electrons. The number of halogens is 1. The van der Waals surface area contributed by atoms with Crippen LogP contribution in [0.1, 0.15) is 34.5 Å². The van der Waals surface area contributed by atoms with Gasteiger partial charge in [0.15, 0.2) is 0 Å². The van der Waals surface area contributed by atoms with E-state index in [-0.39, 0.29) is 17.7 Å². The number of hydrogen-bond donors (Lipinski definition) is 1. The van der Waals surface area contributed by atoms with E-state index < -0.39 is 0 Å². The highest BCUT2D eigenvalue weighted by Gasteiger charge is 2.22. The lowest BCUT2D eigenvalue weighted by atomic mass is 10.0. The number of phenols is 1. The molecule has 2 aromatic carbocycles. The van der Waals surface area contributed by atoms with Gasteiger partial charge in [-0.3, -0.25) is 4.79 Å². The molecule has 0 aromatic heterocycles. The van der Waals surface area contributed by atoms with Crippen molar-refractivity contribution in [1.82, 2.24) is 4.90 Å². The predicted molar refractivity (Wildman–Crippen MR) is 87.5 cm³/mol. The predicted octanol–water partition coefficient (Wildman–Crippen LogP) is 4.30. The zero-order chi connectivity index (χ0) is 15.6. The van der Waals surface area contributed by atoms with Gasteiger partial charge in [0.05, 0.1) is 6.04 Å². The Morgan fingerprint density at radius 2 is 1.90 bits per heavy atom. The summed E-state index contributed by atoms with van der Waals surface area (Å²) in [5.41, 5.74) is 2.33. The number of para-hydroxylation sites is 1. The monoisotopic (exact) mass is 347 g/mol. The van der Waals surface area contributed by atoms with Crippen LogP contribution in [0.15, 0.2) is 46.9 Å². The van der Waals surface area contributed by atoms with E-state index in [9.17, 15) is 9.90 Å². The van der Waals surface area contributed by atoms with Crippen molar-refractivity contribution < 1.29 is 9.90 Å². The van der Waals surface area contributed by atoms with E-state index in [1.807, 2.05) is 44.2 Å². The molecular formula is C17H18BrNO2. The summed E-state index contributed by atoms with van der Waals surface area (Å²) in [6, 6.07) is 12.5. The number of aromatic hydroxyl groups is 1. The number of rotatable bonds is 3. The van der Waals surface area contributed by atoms with Crippen LogP contribution in [0.5, 0.6) is 5.75 Å². The molecule has 0 aliphatic carbocycles. The second-order valence-electron chi connectivity index (χ2n) is 5.11. The standard InChI is InChI=1S/C17H18BrNO2/c1-11-10-13(18)8-9-14(11)17(21)19(3)12(2)15-6-4-5-7-16(15)20/h4-10,12,20H,1-3H3. The maximum Gasteiger partial charge on any atom is 0.254 e. The number of carbonyl (C=O) groups excluding carboxylic acids is 1. The fraction of sp³-hybridized carbons (Fsp3) is 0.235. The second kappa shape index (κ2) is 6.31. The Bertz CT molecular complexity index is 670. The third kappa shape index (κ3) is 3.27. The molecule has 2 rings (SSSR count). The second-order valence-corrected chi connectivity index (χ2v) is 6.03. The SMILES string of the molecule is Cc1cc(Br)ccc1C(=O)N(C)C(C)c1ccccc1O. The number of nitrogens with zero attached hydrogens (tertiary/aromatic N) is 1. The van der Waals surface area contributed by atoms with E-state index in [0.717, 1.165) is 15.6 Å². The Morgan fingerprint density at radius 3 is 2.52 bits per heavy atom. The topological polar surface area (TPSA) is 40.5 Å². The minimum Gasteiger partial charge on any atom is -0.508 e. The maximum atomic E-state index is 12.6. The average molecular weight is 348 g/mol. The first-order valence-electron chi connectivity index (χ1n) is 6.73. The lowest BCUT2D eigenvalue weighted by Crippen LogP contribution is -2.30. The highest BCUT2D eigenvalue weighted by Crippen LogP contribution is 2.28. The molecule has 0 saturated heterocycles. The van der Waals surface area contributed by atoms with Gasteiger partial charge in [-0.15, -0.1) is 0 Å². The van der Waals surface area contributed by atoms with Gasteiger partial charge in [-0.1, -0.05) is 34.1 Å². The normalized spacial score (nSPS) is 12.0. The summed E-state index contributed by atoms with van der Waals surface area (Å²) in [5.74, 6) is 0.146. The average Bonchev–Trinajstić information content (AvgIpc) is 2.45. The van der Waals surface area contributed by atoms with Crippen molar-refractivity contribution in [2.45, 2.75) is 19.9 Å². The van der Waals surface area contributed by atoms with Crippen molar-refractivity contribution in [3.05, 3.63) is 63.6 Å². The van der Waals surface area contributed by atoms with Gasteiger partial charge in [0.25, 0.3) is 5.91 Å². The Balaban J connectivity index is 2.29. The van der Waals surface area contributed by atoms with Crippen molar-refractivity contribution >= 4 is 21.8 Å². The summed E-state index contributed by atoms with van der Waals surface area (Å²) in [4.78, 5) is 14.3. The fourth-order valence-electron chi connectivity index (χ4n) is 2.28. The van der Waals surface area contributed by atoms with E-state index >= 15 is 0 Å². The molecule has 0 bridgehead atoms. The van der Waals surface area contributed by atoms with Crippen molar-refractivity contribution in [2.24, 2.45) is 0 Å². The highest BCUT2D eigenvalue weighted by molar-refractivity contribution is 9.10. The Morgan fingerprint density at radius 1 is 1.24 bits per heavy atom. The van der Waals surface area contributed by atoms with Gasteiger partial charge in [0.2, 0.25) is 0 Å². The first-order valence-corrected chi connectivity index (χ1v) is 7.52. The van der Waals surface area contributed by atoms with Crippen LogP contribution in [-0.2, 0) is 0 Å². The Labute approximate surface area is 133 Å². The Kier molecular flexibility index (Phi) is 4.68. The molecule has 3 nitrogen and oxygen atoms in total. The third-order valence-electron chi connectivity index (χ3n) is 3.71. The minimum absolute atomic E-state index is 0.0595. The van der Waals surface area contributed by atoms with Crippen LogP contribution in [0.4, 0.5) is 0 Å². The van der Waals surface area contributed by atoms with Crippen LogP contribution in [-0.4, -0.2) is 23.0 Å². The van der Waals surface area contributed by atoms with Crippen molar-refractivity contribution in [1.29, 1.82) is 0 Å². The molecule has 1 unspecified atom stereocenters. The van der Waals surface area contributed by atoms with E-state index in [0.29, 0.717) is 5.56 Å². The van der Waals surface area contributed by atoms with Crippen LogP contribution >= 0.6 is 15.9 Å².